The molecular weight excluding hydrogens is 318 g/mol. The van der Waals surface area contributed by atoms with Gasteiger partial charge in [-0.25, -0.2) is 0 Å². The molecule has 1 heterocycles. The van der Waals surface area contributed by atoms with Gasteiger partial charge in [-0.15, -0.1) is 0 Å². The molecule has 108 valence electrons. The molecule has 1 aromatic carbocycles. The molecule has 0 aliphatic carbocycles. The summed E-state index contributed by atoms with van der Waals surface area (Å²) >= 11 is 3.37. The highest BCUT2D eigenvalue weighted by molar-refractivity contribution is 9.10. The number of aryl methyl sites for hydroxylation is 1. The van der Waals surface area contributed by atoms with Gasteiger partial charge in [-0.05, 0) is 45.7 Å². The first-order valence-electron chi connectivity index (χ1n) is 6.92. The second-order valence-corrected chi connectivity index (χ2v) is 7.84. The number of nitrogens with zero attached hydrogens (tertiary/aromatic N) is 1. The summed E-state index contributed by atoms with van der Waals surface area (Å²) < 4.78 is -0.649. The van der Waals surface area contributed by atoms with Gasteiger partial charge < -0.3 is 4.90 Å². The average Bonchev–Trinajstić information content (AvgIpc) is 2.38. The molecule has 0 saturated carbocycles. The van der Waals surface area contributed by atoms with Gasteiger partial charge in [0.25, 0.3) is 0 Å². The van der Waals surface area contributed by atoms with Crippen molar-refractivity contribution >= 4 is 33.3 Å². The number of carbonyl (C=O) groups is 2. The number of halogens is 1. The lowest BCUT2D eigenvalue weighted by molar-refractivity contribution is -0.134. The van der Waals surface area contributed by atoms with E-state index in [0.29, 0.717) is 13.0 Å². The molecule has 3 nitrogen and oxygen atoms in total. The van der Waals surface area contributed by atoms with E-state index >= 15 is 0 Å². The molecule has 1 amide bonds. The highest BCUT2D eigenvalue weighted by Crippen LogP contribution is 2.30. The fourth-order valence-corrected chi connectivity index (χ4v) is 2.79. The summed E-state index contributed by atoms with van der Waals surface area (Å²) in [5, 5.41) is 0. The largest absolute Gasteiger partial charge is 0.312 e. The number of anilines is 1. The van der Waals surface area contributed by atoms with E-state index in [1.54, 1.807) is 18.7 Å². The lowest BCUT2D eigenvalue weighted by Gasteiger charge is -2.33. The number of amides is 1. The minimum Gasteiger partial charge on any atom is -0.312 e. The lowest BCUT2D eigenvalue weighted by atomic mass is 9.87. The summed E-state index contributed by atoms with van der Waals surface area (Å²) in [6.45, 7) is 6.30. The van der Waals surface area contributed by atoms with Crippen molar-refractivity contribution in [2.45, 2.75) is 37.9 Å². The summed E-state index contributed by atoms with van der Waals surface area (Å²) in [5.74, 6) is -0.628. The highest BCUT2D eigenvalue weighted by Gasteiger charge is 2.40. The van der Waals surface area contributed by atoms with Crippen LogP contribution in [0.5, 0.6) is 0 Å². The van der Waals surface area contributed by atoms with E-state index in [2.05, 4.69) is 15.9 Å². The van der Waals surface area contributed by atoms with Gasteiger partial charge in [0.15, 0.2) is 5.78 Å². The van der Waals surface area contributed by atoms with Crippen LogP contribution in [0.2, 0.25) is 0 Å². The van der Waals surface area contributed by atoms with Gasteiger partial charge in [0, 0.05) is 12.2 Å². The average molecular weight is 338 g/mol. The first-order chi connectivity index (χ1) is 9.30. The highest BCUT2D eigenvalue weighted by atomic mass is 79.9. The van der Waals surface area contributed by atoms with Crippen molar-refractivity contribution in [1.29, 1.82) is 0 Å². The molecule has 0 N–H and O–H groups in total. The van der Waals surface area contributed by atoms with Crippen molar-refractivity contribution < 1.29 is 9.59 Å². The zero-order chi connectivity index (χ0) is 14.9. The van der Waals surface area contributed by atoms with Crippen LogP contribution in [0.1, 0.15) is 32.3 Å². The molecule has 2 rings (SSSR count). The maximum Gasteiger partial charge on any atom is 0.237 e. The zero-order valence-electron chi connectivity index (χ0n) is 12.1. The number of benzene rings is 1. The Labute approximate surface area is 128 Å². The van der Waals surface area contributed by atoms with Gasteiger partial charge in [-0.3, -0.25) is 9.59 Å². The zero-order valence-corrected chi connectivity index (χ0v) is 13.7. The Morgan fingerprint density at radius 1 is 1.30 bits per heavy atom. The van der Waals surface area contributed by atoms with Crippen LogP contribution in [0.4, 0.5) is 5.69 Å². The van der Waals surface area contributed by atoms with E-state index in [1.807, 2.05) is 31.2 Å². The number of hydrogen-bond acceptors (Lipinski definition) is 2. The second-order valence-electron chi connectivity index (χ2n) is 5.86. The molecule has 0 unspecified atom stereocenters. The van der Waals surface area contributed by atoms with E-state index < -0.39 is 10.2 Å². The molecule has 1 aliphatic heterocycles. The third-order valence-corrected chi connectivity index (χ3v) is 4.08. The molecule has 0 spiro atoms. The first kappa shape index (κ1) is 15.2. The van der Waals surface area contributed by atoms with Crippen LogP contribution in [0.25, 0.3) is 0 Å². The van der Waals surface area contributed by atoms with Crippen molar-refractivity contribution in [2.24, 2.45) is 5.92 Å². The monoisotopic (exact) mass is 337 g/mol. The fraction of sp³-hybridized carbons (Fsp3) is 0.500. The van der Waals surface area contributed by atoms with E-state index in [-0.39, 0.29) is 11.7 Å². The molecule has 4 heteroatoms. The third-order valence-electron chi connectivity index (χ3n) is 3.69. The molecular formula is C16H20BrNO2. The van der Waals surface area contributed by atoms with E-state index in [4.69, 9.17) is 0 Å². The molecule has 1 saturated heterocycles. The Morgan fingerprint density at radius 3 is 2.45 bits per heavy atom. The van der Waals surface area contributed by atoms with E-state index in [0.717, 1.165) is 17.7 Å². The molecule has 1 fully saturated rings. The van der Waals surface area contributed by atoms with Crippen molar-refractivity contribution in [3.8, 4) is 0 Å². The molecule has 0 bridgehead atoms. The van der Waals surface area contributed by atoms with Crippen LogP contribution in [0.3, 0.4) is 0 Å². The normalized spacial score (nSPS) is 20.1. The van der Waals surface area contributed by atoms with Crippen molar-refractivity contribution in [3.05, 3.63) is 29.8 Å². The first-order valence-corrected chi connectivity index (χ1v) is 7.71. The van der Waals surface area contributed by atoms with Crippen molar-refractivity contribution in [1.82, 2.24) is 0 Å². The number of ketones is 1. The predicted octanol–water partition coefficient (Wildman–Crippen LogP) is 3.48. The fourth-order valence-electron chi connectivity index (χ4n) is 2.51. The quantitative estimate of drug-likeness (QED) is 0.625. The Kier molecular flexibility index (Phi) is 4.33. The minimum atomic E-state index is -0.649. The molecule has 1 atom stereocenters. The number of rotatable bonds is 3. The van der Waals surface area contributed by atoms with Crippen LogP contribution >= 0.6 is 15.9 Å². The van der Waals surface area contributed by atoms with Crippen LogP contribution in [0.15, 0.2) is 24.3 Å². The Bertz CT molecular complexity index is 516. The van der Waals surface area contributed by atoms with E-state index in [1.165, 1.54) is 0 Å². The molecule has 0 aromatic heterocycles. The van der Waals surface area contributed by atoms with Crippen LogP contribution in [-0.2, 0) is 9.59 Å². The number of hydrogen-bond donors (Lipinski definition) is 0. The standard InChI is InChI=1S/C16H20BrNO2/c1-11-6-8-12(9-7-11)18-10-4-5-13(15(18)20)14(19)16(2,3)17/h6-9,13H,4-5,10H2,1-3H3/t13-/m1/s1. The Hall–Kier alpha value is -1.16. The van der Waals surface area contributed by atoms with Gasteiger partial charge in [0.05, 0.1) is 10.2 Å². The van der Waals surface area contributed by atoms with Gasteiger partial charge in [-0.2, -0.15) is 0 Å². The van der Waals surface area contributed by atoms with E-state index in [9.17, 15) is 9.59 Å². The summed E-state index contributed by atoms with van der Waals surface area (Å²) in [6.07, 6.45) is 1.51. The lowest BCUT2D eigenvalue weighted by Crippen LogP contribution is -2.48. The number of carbonyl (C=O) groups excluding carboxylic acids is 2. The maximum atomic E-state index is 12.6. The van der Waals surface area contributed by atoms with Gasteiger partial charge in [0.2, 0.25) is 5.91 Å². The SMILES string of the molecule is Cc1ccc(N2CCC[C@H](C(=O)C(C)(C)Br)C2=O)cc1. The summed E-state index contributed by atoms with van der Waals surface area (Å²) in [6, 6.07) is 7.86. The van der Waals surface area contributed by atoms with Gasteiger partial charge in [0.1, 0.15) is 0 Å². The molecule has 20 heavy (non-hydrogen) atoms. The Morgan fingerprint density at radius 2 is 1.90 bits per heavy atom. The van der Waals surface area contributed by atoms with Crippen LogP contribution in [0, 0.1) is 12.8 Å². The van der Waals surface area contributed by atoms with Crippen molar-refractivity contribution in [2.75, 3.05) is 11.4 Å². The van der Waals surface area contributed by atoms with Crippen LogP contribution < -0.4 is 4.90 Å². The number of piperidine rings is 1. The minimum absolute atomic E-state index is 0.0284. The topological polar surface area (TPSA) is 37.4 Å². The van der Waals surface area contributed by atoms with Gasteiger partial charge in [-0.1, -0.05) is 33.6 Å². The number of alkyl halides is 1. The molecule has 1 aliphatic rings. The van der Waals surface area contributed by atoms with Crippen molar-refractivity contribution in [3.63, 3.8) is 0 Å². The number of Topliss-reactive ketones (excluding diaryl/α,β-unsaturated/α-hetero) is 1. The summed E-state index contributed by atoms with van der Waals surface area (Å²) in [5.41, 5.74) is 2.04. The molecule has 0 radical (unpaired) electrons. The second kappa shape index (κ2) is 5.68. The van der Waals surface area contributed by atoms with Crippen LogP contribution in [-0.4, -0.2) is 22.6 Å². The smallest absolute Gasteiger partial charge is 0.237 e. The third kappa shape index (κ3) is 3.11. The predicted molar refractivity (Wildman–Crippen MR) is 84.3 cm³/mol. The summed E-state index contributed by atoms with van der Waals surface area (Å²) in [7, 11) is 0. The Balaban J connectivity index is 2.23. The molecule has 1 aromatic rings. The summed E-state index contributed by atoms with van der Waals surface area (Å²) in [4.78, 5) is 26.7. The van der Waals surface area contributed by atoms with Gasteiger partial charge >= 0.3 is 0 Å². The maximum absolute atomic E-state index is 12.6.